The van der Waals surface area contributed by atoms with Gasteiger partial charge in [-0.2, -0.15) is 0 Å². The summed E-state index contributed by atoms with van der Waals surface area (Å²) >= 11 is 1.43. The number of benzene rings is 1. The molecule has 2 nitrogen and oxygen atoms in total. The molecule has 0 fully saturated rings. The first-order chi connectivity index (χ1) is 6.83. The van der Waals surface area contributed by atoms with Crippen LogP contribution in [0.25, 0.3) is 6.08 Å². The van der Waals surface area contributed by atoms with Gasteiger partial charge in [-0.3, -0.25) is 4.79 Å². The van der Waals surface area contributed by atoms with Crippen molar-refractivity contribution in [1.29, 1.82) is 0 Å². The summed E-state index contributed by atoms with van der Waals surface area (Å²) in [6.07, 6.45) is 1.97. The van der Waals surface area contributed by atoms with E-state index in [0.29, 0.717) is 5.75 Å². The van der Waals surface area contributed by atoms with Crippen molar-refractivity contribution in [3.05, 3.63) is 41.3 Å². The zero-order chi connectivity index (χ0) is 10.2. The van der Waals surface area contributed by atoms with Crippen LogP contribution >= 0.6 is 11.8 Å². The summed E-state index contributed by atoms with van der Waals surface area (Å²) in [4.78, 5) is 10.7. The average molecular weight is 208 g/mol. The van der Waals surface area contributed by atoms with Crippen LogP contribution in [0.1, 0.15) is 5.56 Å². The molecule has 0 amide bonds. The highest BCUT2D eigenvalue weighted by Gasteiger charge is 1.95. The number of hydrogen-bond donors (Lipinski definition) is 0. The summed E-state index contributed by atoms with van der Waals surface area (Å²) < 4.78 is 4.51. The lowest BCUT2D eigenvalue weighted by Gasteiger charge is -1.94. The van der Waals surface area contributed by atoms with Crippen molar-refractivity contribution < 1.29 is 9.53 Å². The Balaban J connectivity index is 2.31. The van der Waals surface area contributed by atoms with Crippen LogP contribution in [0.2, 0.25) is 0 Å². The molecule has 1 rings (SSSR count). The maximum atomic E-state index is 10.7. The molecule has 0 aliphatic rings. The Kier molecular flexibility index (Phi) is 4.86. The van der Waals surface area contributed by atoms with Gasteiger partial charge in [-0.05, 0) is 17.0 Å². The van der Waals surface area contributed by atoms with Crippen molar-refractivity contribution in [2.75, 3.05) is 12.9 Å². The minimum absolute atomic E-state index is 0.201. The second kappa shape index (κ2) is 6.27. The number of carbonyl (C=O) groups excluding carboxylic acids is 1. The lowest BCUT2D eigenvalue weighted by molar-refractivity contribution is -0.137. The molecule has 3 heteroatoms. The van der Waals surface area contributed by atoms with E-state index in [0.717, 1.165) is 5.56 Å². The Morgan fingerprint density at radius 1 is 1.43 bits per heavy atom. The van der Waals surface area contributed by atoms with E-state index < -0.39 is 0 Å². The van der Waals surface area contributed by atoms with Crippen LogP contribution in [0.5, 0.6) is 0 Å². The summed E-state index contributed by atoms with van der Waals surface area (Å²) in [6.45, 7) is 0. The fraction of sp³-hybridized carbons (Fsp3) is 0.182. The normalized spacial score (nSPS) is 10.4. The highest BCUT2D eigenvalue weighted by Crippen LogP contribution is 2.08. The molecule has 1 aromatic rings. The molecule has 0 unspecified atom stereocenters. The third-order valence-electron chi connectivity index (χ3n) is 1.59. The van der Waals surface area contributed by atoms with Crippen LogP contribution in [-0.2, 0) is 9.53 Å². The largest absolute Gasteiger partial charge is 0.468 e. The second-order valence-electron chi connectivity index (χ2n) is 2.60. The van der Waals surface area contributed by atoms with E-state index in [1.165, 1.54) is 18.9 Å². The zero-order valence-corrected chi connectivity index (χ0v) is 8.79. The number of rotatable bonds is 4. The van der Waals surface area contributed by atoms with E-state index in [1.807, 2.05) is 41.8 Å². The Bertz CT molecular complexity index is 306. The third kappa shape index (κ3) is 4.14. The van der Waals surface area contributed by atoms with E-state index in [2.05, 4.69) is 4.74 Å². The third-order valence-corrected chi connectivity index (χ3v) is 2.32. The highest BCUT2D eigenvalue weighted by molar-refractivity contribution is 8.02. The average Bonchev–Trinajstić information content (AvgIpc) is 2.25. The molecule has 0 saturated heterocycles. The van der Waals surface area contributed by atoms with Crippen molar-refractivity contribution in [2.45, 2.75) is 0 Å². The number of esters is 1. The molecule has 0 N–H and O–H groups in total. The van der Waals surface area contributed by atoms with Gasteiger partial charge in [0.2, 0.25) is 0 Å². The molecule has 0 atom stereocenters. The van der Waals surface area contributed by atoms with Gasteiger partial charge in [0.15, 0.2) is 0 Å². The molecule has 0 aliphatic carbocycles. The first kappa shape index (κ1) is 10.9. The van der Waals surface area contributed by atoms with E-state index in [9.17, 15) is 4.79 Å². The molecule has 0 aliphatic heterocycles. The van der Waals surface area contributed by atoms with E-state index in [-0.39, 0.29) is 5.97 Å². The SMILES string of the molecule is COC(=O)CS/C=C/c1ccccc1. The van der Waals surface area contributed by atoms with Crippen LogP contribution in [0, 0.1) is 0 Å². The molecule has 74 valence electrons. The monoisotopic (exact) mass is 208 g/mol. The predicted molar refractivity (Wildman–Crippen MR) is 60.0 cm³/mol. The summed E-state index contributed by atoms with van der Waals surface area (Å²) in [7, 11) is 1.39. The summed E-state index contributed by atoms with van der Waals surface area (Å²) in [5, 5.41) is 1.90. The van der Waals surface area contributed by atoms with Gasteiger partial charge in [-0.25, -0.2) is 0 Å². The van der Waals surface area contributed by atoms with Crippen molar-refractivity contribution >= 4 is 23.8 Å². The number of hydrogen-bond acceptors (Lipinski definition) is 3. The van der Waals surface area contributed by atoms with Gasteiger partial charge in [0.05, 0.1) is 12.9 Å². The van der Waals surface area contributed by atoms with Crippen LogP contribution in [0.4, 0.5) is 0 Å². The molecule has 0 bridgehead atoms. The van der Waals surface area contributed by atoms with Gasteiger partial charge < -0.3 is 4.74 Å². The summed E-state index contributed by atoms with van der Waals surface area (Å²) in [5.74, 6) is 0.160. The Morgan fingerprint density at radius 3 is 2.79 bits per heavy atom. The molecule has 0 radical (unpaired) electrons. The first-order valence-corrected chi connectivity index (χ1v) is 5.28. The molecule has 1 aromatic carbocycles. The summed E-state index contributed by atoms with van der Waals surface area (Å²) in [6, 6.07) is 9.94. The van der Waals surface area contributed by atoms with Crippen molar-refractivity contribution in [2.24, 2.45) is 0 Å². The maximum absolute atomic E-state index is 10.7. The molecular weight excluding hydrogens is 196 g/mol. The Labute approximate surface area is 88.0 Å². The maximum Gasteiger partial charge on any atom is 0.315 e. The minimum atomic E-state index is -0.201. The van der Waals surface area contributed by atoms with Crippen molar-refractivity contribution in [1.82, 2.24) is 0 Å². The zero-order valence-electron chi connectivity index (χ0n) is 7.97. The second-order valence-corrected chi connectivity index (χ2v) is 3.49. The minimum Gasteiger partial charge on any atom is -0.468 e. The molecule has 0 saturated carbocycles. The van der Waals surface area contributed by atoms with Crippen LogP contribution < -0.4 is 0 Å². The predicted octanol–water partition coefficient (Wildman–Crippen LogP) is 2.56. The van der Waals surface area contributed by atoms with Crippen LogP contribution in [0.15, 0.2) is 35.7 Å². The fourth-order valence-electron chi connectivity index (χ4n) is 0.866. The lowest BCUT2D eigenvalue weighted by atomic mass is 10.2. The van der Waals surface area contributed by atoms with Crippen molar-refractivity contribution in [3.8, 4) is 0 Å². The highest BCUT2D eigenvalue weighted by atomic mass is 32.2. The number of methoxy groups -OCH3 is 1. The van der Waals surface area contributed by atoms with E-state index >= 15 is 0 Å². The van der Waals surface area contributed by atoms with Gasteiger partial charge in [-0.1, -0.05) is 30.3 Å². The molecule has 0 heterocycles. The smallest absolute Gasteiger partial charge is 0.315 e. The first-order valence-electron chi connectivity index (χ1n) is 4.23. The number of thioether (sulfide) groups is 1. The van der Waals surface area contributed by atoms with E-state index in [1.54, 1.807) is 0 Å². The molecule has 0 spiro atoms. The standard InChI is InChI=1S/C11H12O2S/c1-13-11(12)9-14-8-7-10-5-3-2-4-6-10/h2-8H,9H2,1H3/b8-7+. The van der Waals surface area contributed by atoms with Gasteiger partial charge in [0.1, 0.15) is 0 Å². The molecule has 14 heavy (non-hydrogen) atoms. The van der Waals surface area contributed by atoms with Crippen LogP contribution in [-0.4, -0.2) is 18.8 Å². The molecule has 0 aromatic heterocycles. The number of carbonyl (C=O) groups is 1. The fourth-order valence-corrected chi connectivity index (χ4v) is 1.47. The Morgan fingerprint density at radius 2 is 2.14 bits per heavy atom. The molecular formula is C11H12O2S. The summed E-state index contributed by atoms with van der Waals surface area (Å²) in [5.41, 5.74) is 1.13. The topological polar surface area (TPSA) is 26.3 Å². The quantitative estimate of drug-likeness (QED) is 0.711. The van der Waals surface area contributed by atoms with E-state index in [4.69, 9.17) is 0 Å². The van der Waals surface area contributed by atoms with Gasteiger partial charge in [0.25, 0.3) is 0 Å². The number of ether oxygens (including phenoxy) is 1. The lowest BCUT2D eigenvalue weighted by Crippen LogP contribution is -2.01. The van der Waals surface area contributed by atoms with Gasteiger partial charge >= 0.3 is 5.97 Å². The van der Waals surface area contributed by atoms with Crippen molar-refractivity contribution in [3.63, 3.8) is 0 Å². The van der Waals surface area contributed by atoms with Gasteiger partial charge in [0, 0.05) is 0 Å². The Hall–Kier alpha value is -1.22. The van der Waals surface area contributed by atoms with Crippen LogP contribution in [0.3, 0.4) is 0 Å². The van der Waals surface area contributed by atoms with Gasteiger partial charge in [-0.15, -0.1) is 11.8 Å².